The Bertz CT molecular complexity index is 388. The molecule has 0 fully saturated rings. The van der Waals surface area contributed by atoms with Crippen molar-refractivity contribution in [1.82, 2.24) is 0 Å². The summed E-state index contributed by atoms with van der Waals surface area (Å²) in [5.74, 6) is 5.39. The molecular weight excluding hydrogens is 196 g/mol. The number of hydrogen-bond donors (Lipinski definition) is 1. The Morgan fingerprint density at radius 1 is 1.50 bits per heavy atom. The topological polar surface area (TPSA) is 37.3 Å². The molecule has 14 heavy (non-hydrogen) atoms. The van der Waals surface area contributed by atoms with Gasteiger partial charge < -0.3 is 5.11 Å². The number of thioether (sulfide) groups is 1. The van der Waals surface area contributed by atoms with E-state index in [0.29, 0.717) is 11.3 Å². The summed E-state index contributed by atoms with van der Waals surface area (Å²) in [5.41, 5.74) is 0.343. The molecule has 0 saturated heterocycles. The van der Waals surface area contributed by atoms with E-state index in [1.807, 2.05) is 6.07 Å². The molecule has 3 heteroatoms. The van der Waals surface area contributed by atoms with Crippen molar-refractivity contribution in [3.8, 4) is 11.8 Å². The van der Waals surface area contributed by atoms with Crippen LogP contribution < -0.4 is 0 Å². The molecule has 0 aromatic heterocycles. The van der Waals surface area contributed by atoms with E-state index < -0.39 is 5.97 Å². The summed E-state index contributed by atoms with van der Waals surface area (Å²) < 4.78 is 0. The first kappa shape index (κ1) is 10.7. The van der Waals surface area contributed by atoms with E-state index >= 15 is 0 Å². The molecule has 0 aliphatic heterocycles. The van der Waals surface area contributed by atoms with Crippen LogP contribution in [0.5, 0.6) is 0 Å². The summed E-state index contributed by atoms with van der Waals surface area (Å²) in [5, 5.41) is 8.87. The third kappa shape index (κ3) is 2.82. The molecule has 1 N–H and O–H groups in total. The van der Waals surface area contributed by atoms with E-state index in [2.05, 4.69) is 11.8 Å². The fourth-order valence-corrected chi connectivity index (χ4v) is 1.81. The molecule has 72 valence electrons. The second-order valence-electron chi connectivity index (χ2n) is 2.52. The molecule has 0 aliphatic rings. The van der Waals surface area contributed by atoms with Crippen molar-refractivity contribution in [2.75, 3.05) is 5.75 Å². The van der Waals surface area contributed by atoms with Crippen molar-refractivity contribution in [3.63, 3.8) is 0 Å². The predicted molar refractivity (Wildman–Crippen MR) is 57.6 cm³/mol. The van der Waals surface area contributed by atoms with Gasteiger partial charge in [0.05, 0.1) is 11.3 Å². The van der Waals surface area contributed by atoms with Crippen LogP contribution >= 0.6 is 11.8 Å². The van der Waals surface area contributed by atoms with E-state index in [4.69, 9.17) is 5.11 Å². The first-order valence-electron chi connectivity index (χ1n) is 4.10. The highest BCUT2D eigenvalue weighted by Gasteiger charge is 2.07. The molecule has 0 spiro atoms. The third-order valence-corrected chi connectivity index (χ3v) is 2.55. The molecule has 0 aliphatic carbocycles. The molecular formula is C11H10O2S. The fraction of sp³-hybridized carbons (Fsp3) is 0.182. The van der Waals surface area contributed by atoms with Crippen LogP contribution in [-0.4, -0.2) is 16.8 Å². The molecule has 1 rings (SSSR count). The van der Waals surface area contributed by atoms with Crippen LogP contribution in [0.3, 0.4) is 0 Å². The smallest absolute Gasteiger partial charge is 0.336 e. The first-order chi connectivity index (χ1) is 6.75. The highest BCUT2D eigenvalue weighted by Crippen LogP contribution is 2.21. The lowest BCUT2D eigenvalue weighted by Crippen LogP contribution is -1.98. The SMILES string of the molecule is CC#CCSc1ccccc1C(=O)O. The number of hydrogen-bond acceptors (Lipinski definition) is 2. The Hall–Kier alpha value is -1.40. The molecule has 0 atom stereocenters. The average molecular weight is 206 g/mol. The van der Waals surface area contributed by atoms with Crippen molar-refractivity contribution in [1.29, 1.82) is 0 Å². The van der Waals surface area contributed by atoms with Crippen LogP contribution in [-0.2, 0) is 0 Å². The van der Waals surface area contributed by atoms with E-state index in [-0.39, 0.29) is 0 Å². The van der Waals surface area contributed by atoms with Crippen molar-refractivity contribution < 1.29 is 9.90 Å². The minimum absolute atomic E-state index is 0.343. The maximum atomic E-state index is 10.8. The minimum Gasteiger partial charge on any atom is -0.478 e. The van der Waals surface area contributed by atoms with Gasteiger partial charge in [0.25, 0.3) is 0 Å². The highest BCUT2D eigenvalue weighted by molar-refractivity contribution is 7.99. The number of rotatable bonds is 3. The molecule has 0 bridgehead atoms. The van der Waals surface area contributed by atoms with Crippen LogP contribution in [0, 0.1) is 11.8 Å². The van der Waals surface area contributed by atoms with Crippen LogP contribution in [0.15, 0.2) is 29.2 Å². The fourth-order valence-electron chi connectivity index (χ4n) is 0.955. The largest absolute Gasteiger partial charge is 0.478 e. The zero-order chi connectivity index (χ0) is 10.4. The normalized spacial score (nSPS) is 8.93. The average Bonchev–Trinajstić information content (AvgIpc) is 2.19. The molecule has 0 radical (unpaired) electrons. The minimum atomic E-state index is -0.891. The van der Waals surface area contributed by atoms with Gasteiger partial charge in [0, 0.05) is 4.90 Å². The summed E-state index contributed by atoms with van der Waals surface area (Å²) in [4.78, 5) is 11.6. The Balaban J connectivity index is 2.83. The summed E-state index contributed by atoms with van der Waals surface area (Å²) in [7, 11) is 0. The lowest BCUT2D eigenvalue weighted by Gasteiger charge is -2.01. The van der Waals surface area contributed by atoms with E-state index in [0.717, 1.165) is 4.90 Å². The Morgan fingerprint density at radius 2 is 2.21 bits per heavy atom. The number of carbonyl (C=O) groups is 1. The monoisotopic (exact) mass is 206 g/mol. The molecule has 0 saturated carbocycles. The van der Waals surface area contributed by atoms with Gasteiger partial charge in [-0.05, 0) is 19.1 Å². The second kappa shape index (κ2) is 5.36. The van der Waals surface area contributed by atoms with Gasteiger partial charge in [-0.2, -0.15) is 0 Å². The van der Waals surface area contributed by atoms with E-state index in [1.165, 1.54) is 11.8 Å². The van der Waals surface area contributed by atoms with Gasteiger partial charge in [0.2, 0.25) is 0 Å². The van der Waals surface area contributed by atoms with E-state index in [9.17, 15) is 4.79 Å². The zero-order valence-electron chi connectivity index (χ0n) is 7.78. The Morgan fingerprint density at radius 3 is 2.86 bits per heavy atom. The van der Waals surface area contributed by atoms with Crippen molar-refractivity contribution in [2.24, 2.45) is 0 Å². The Kier molecular flexibility index (Phi) is 4.09. The van der Waals surface area contributed by atoms with Crippen LogP contribution in [0.2, 0.25) is 0 Å². The van der Waals surface area contributed by atoms with Gasteiger partial charge in [-0.25, -0.2) is 4.79 Å². The third-order valence-electron chi connectivity index (χ3n) is 1.59. The maximum absolute atomic E-state index is 10.8. The molecule has 1 aromatic carbocycles. The van der Waals surface area contributed by atoms with Crippen molar-refractivity contribution >= 4 is 17.7 Å². The van der Waals surface area contributed by atoms with Gasteiger partial charge in [-0.1, -0.05) is 18.1 Å². The number of carboxylic acid groups (broad SMARTS) is 1. The van der Waals surface area contributed by atoms with Crippen LogP contribution in [0.25, 0.3) is 0 Å². The van der Waals surface area contributed by atoms with Crippen molar-refractivity contribution in [3.05, 3.63) is 29.8 Å². The van der Waals surface area contributed by atoms with Crippen LogP contribution in [0.4, 0.5) is 0 Å². The maximum Gasteiger partial charge on any atom is 0.336 e. The second-order valence-corrected chi connectivity index (χ2v) is 3.53. The number of carboxylic acids is 1. The lowest BCUT2D eigenvalue weighted by atomic mass is 10.2. The van der Waals surface area contributed by atoms with E-state index in [1.54, 1.807) is 25.1 Å². The van der Waals surface area contributed by atoms with Gasteiger partial charge in [0.15, 0.2) is 0 Å². The highest BCUT2D eigenvalue weighted by atomic mass is 32.2. The summed E-state index contributed by atoms with van der Waals surface area (Å²) in [6.45, 7) is 1.77. The van der Waals surface area contributed by atoms with Crippen LogP contribution in [0.1, 0.15) is 17.3 Å². The first-order valence-corrected chi connectivity index (χ1v) is 5.09. The standard InChI is InChI=1S/C11H10O2S/c1-2-3-8-14-10-7-5-4-6-9(10)11(12)13/h4-7H,8H2,1H3,(H,12,13). The molecule has 0 heterocycles. The Labute approximate surface area is 87.3 Å². The van der Waals surface area contributed by atoms with Crippen molar-refractivity contribution in [2.45, 2.75) is 11.8 Å². The van der Waals surface area contributed by atoms with Gasteiger partial charge in [-0.3, -0.25) is 0 Å². The van der Waals surface area contributed by atoms with Gasteiger partial charge >= 0.3 is 5.97 Å². The molecule has 2 nitrogen and oxygen atoms in total. The van der Waals surface area contributed by atoms with Gasteiger partial charge in [-0.15, -0.1) is 17.7 Å². The molecule has 1 aromatic rings. The summed E-state index contributed by atoms with van der Waals surface area (Å²) in [6.07, 6.45) is 0. The summed E-state index contributed by atoms with van der Waals surface area (Å²) >= 11 is 1.45. The molecule has 0 amide bonds. The number of benzene rings is 1. The quantitative estimate of drug-likeness (QED) is 0.610. The zero-order valence-corrected chi connectivity index (χ0v) is 8.60. The predicted octanol–water partition coefficient (Wildman–Crippen LogP) is 2.50. The molecule has 0 unspecified atom stereocenters. The lowest BCUT2D eigenvalue weighted by molar-refractivity contribution is 0.0693. The number of aromatic carboxylic acids is 1. The van der Waals surface area contributed by atoms with Gasteiger partial charge in [0.1, 0.15) is 0 Å². The summed E-state index contributed by atoms with van der Waals surface area (Å²) in [6, 6.07) is 6.95.